The average Bonchev–Trinajstić information content (AvgIpc) is 2.86. The Balaban J connectivity index is 0.00000312. The van der Waals surface area contributed by atoms with Gasteiger partial charge in [0.25, 0.3) is 0 Å². The largest absolute Gasteiger partial charge is 0.348 e. The van der Waals surface area contributed by atoms with Gasteiger partial charge in [-0.15, -0.1) is 12.4 Å². The number of benzene rings is 1. The molecular weight excluding hydrogens is 336 g/mol. The minimum atomic E-state index is -0.827. The van der Waals surface area contributed by atoms with Crippen molar-refractivity contribution in [3.05, 3.63) is 47.3 Å². The van der Waals surface area contributed by atoms with Crippen LogP contribution in [0.5, 0.6) is 0 Å². The fraction of sp³-hybridized carbons (Fsp3) is 0.474. The van der Waals surface area contributed by atoms with Gasteiger partial charge in [0, 0.05) is 5.69 Å². The predicted octanol–water partition coefficient (Wildman–Crippen LogP) is 3.61. The number of hydrogen-bond donors (Lipinski definition) is 2. The first-order chi connectivity index (χ1) is 11.2. The lowest BCUT2D eigenvalue weighted by Gasteiger charge is -2.25. The predicted molar refractivity (Wildman–Crippen MR) is 104 cm³/mol. The molecule has 2 unspecified atom stereocenters. The van der Waals surface area contributed by atoms with E-state index in [9.17, 15) is 4.79 Å². The number of carbonyl (C=O) groups excluding carboxylic acids is 1. The number of aromatic nitrogens is 2. The van der Waals surface area contributed by atoms with Crippen LogP contribution in [-0.4, -0.2) is 21.2 Å². The van der Waals surface area contributed by atoms with E-state index in [0.717, 1.165) is 29.1 Å². The maximum absolute atomic E-state index is 12.3. The van der Waals surface area contributed by atoms with Crippen LogP contribution in [0, 0.1) is 13.8 Å². The summed E-state index contributed by atoms with van der Waals surface area (Å²) in [5, 5.41) is 7.50. The van der Waals surface area contributed by atoms with Gasteiger partial charge in [0.2, 0.25) is 5.91 Å². The van der Waals surface area contributed by atoms with E-state index in [1.54, 1.807) is 6.92 Å². The smallest absolute Gasteiger partial charge is 0.240 e. The van der Waals surface area contributed by atoms with Gasteiger partial charge in [-0.25, -0.2) is 4.68 Å². The fourth-order valence-electron chi connectivity index (χ4n) is 2.87. The Morgan fingerprint density at radius 1 is 1.32 bits per heavy atom. The molecule has 2 aromatic rings. The topological polar surface area (TPSA) is 72.9 Å². The Labute approximate surface area is 156 Å². The van der Waals surface area contributed by atoms with Crippen LogP contribution < -0.4 is 11.1 Å². The van der Waals surface area contributed by atoms with Crippen molar-refractivity contribution in [2.45, 2.75) is 59.0 Å². The number of halogens is 1. The Bertz CT molecular complexity index is 707. The Hall–Kier alpha value is -1.85. The third-order valence-corrected chi connectivity index (χ3v) is 4.28. The molecule has 138 valence electrons. The fourth-order valence-corrected chi connectivity index (χ4v) is 2.87. The number of amides is 1. The van der Waals surface area contributed by atoms with Gasteiger partial charge in [-0.05, 0) is 57.9 Å². The van der Waals surface area contributed by atoms with Crippen molar-refractivity contribution in [1.29, 1.82) is 0 Å². The molecule has 0 fully saturated rings. The summed E-state index contributed by atoms with van der Waals surface area (Å²) in [5.74, 6) is -0.112. The summed E-state index contributed by atoms with van der Waals surface area (Å²) in [7, 11) is 0. The van der Waals surface area contributed by atoms with Gasteiger partial charge < -0.3 is 11.1 Å². The number of aryl methyl sites for hydroxylation is 2. The van der Waals surface area contributed by atoms with E-state index in [0.29, 0.717) is 6.42 Å². The Kier molecular flexibility index (Phi) is 7.20. The van der Waals surface area contributed by atoms with Crippen LogP contribution in [0.25, 0.3) is 5.69 Å². The molecule has 1 aromatic heterocycles. The third kappa shape index (κ3) is 5.06. The molecule has 0 radical (unpaired) electrons. The molecule has 2 rings (SSSR count). The van der Waals surface area contributed by atoms with Crippen LogP contribution in [0.3, 0.4) is 0 Å². The molecule has 0 saturated carbocycles. The average molecular weight is 365 g/mol. The maximum atomic E-state index is 12.3. The van der Waals surface area contributed by atoms with Crippen LogP contribution in [0.4, 0.5) is 0 Å². The first kappa shape index (κ1) is 21.2. The lowest BCUT2D eigenvalue weighted by Crippen LogP contribution is -2.52. The number of rotatable bonds is 6. The van der Waals surface area contributed by atoms with Crippen LogP contribution in [0.2, 0.25) is 0 Å². The molecule has 1 amide bonds. The highest BCUT2D eigenvalue weighted by Gasteiger charge is 2.28. The van der Waals surface area contributed by atoms with Crippen LogP contribution in [-0.2, 0) is 4.79 Å². The van der Waals surface area contributed by atoms with E-state index in [-0.39, 0.29) is 24.4 Å². The molecule has 6 heteroatoms. The second kappa shape index (κ2) is 8.50. The normalized spacial score (nSPS) is 14.3. The van der Waals surface area contributed by atoms with E-state index in [1.807, 2.05) is 62.7 Å². The highest BCUT2D eigenvalue weighted by molar-refractivity contribution is 5.86. The minimum Gasteiger partial charge on any atom is -0.348 e. The van der Waals surface area contributed by atoms with E-state index < -0.39 is 5.54 Å². The van der Waals surface area contributed by atoms with Crippen LogP contribution >= 0.6 is 12.4 Å². The molecule has 0 saturated heterocycles. The molecule has 0 spiro atoms. The van der Waals surface area contributed by atoms with Crippen molar-refractivity contribution in [2.75, 3.05) is 0 Å². The molecular formula is C19H29ClN4O. The second-order valence-electron chi connectivity index (χ2n) is 6.79. The maximum Gasteiger partial charge on any atom is 0.240 e. The molecule has 5 nitrogen and oxygen atoms in total. The number of nitrogens with two attached hydrogens (primary N) is 1. The molecule has 1 heterocycles. The van der Waals surface area contributed by atoms with Gasteiger partial charge in [-0.3, -0.25) is 4.79 Å². The number of nitrogens with one attached hydrogen (secondary N) is 1. The quantitative estimate of drug-likeness (QED) is 0.822. The molecule has 25 heavy (non-hydrogen) atoms. The number of hydrogen-bond acceptors (Lipinski definition) is 3. The van der Waals surface area contributed by atoms with Gasteiger partial charge in [0.1, 0.15) is 0 Å². The van der Waals surface area contributed by atoms with Crippen molar-refractivity contribution >= 4 is 18.3 Å². The number of carbonyl (C=O) groups is 1. The molecule has 3 N–H and O–H groups in total. The van der Waals surface area contributed by atoms with Gasteiger partial charge >= 0.3 is 0 Å². The molecule has 0 aliphatic rings. The first-order valence-corrected chi connectivity index (χ1v) is 8.48. The summed E-state index contributed by atoms with van der Waals surface area (Å²) >= 11 is 0. The second-order valence-corrected chi connectivity index (χ2v) is 6.79. The van der Waals surface area contributed by atoms with Crippen LogP contribution in [0.1, 0.15) is 56.6 Å². The van der Waals surface area contributed by atoms with E-state index in [4.69, 9.17) is 5.73 Å². The molecule has 1 aromatic carbocycles. The summed E-state index contributed by atoms with van der Waals surface area (Å²) in [4.78, 5) is 12.3. The van der Waals surface area contributed by atoms with Crippen molar-refractivity contribution in [2.24, 2.45) is 5.73 Å². The monoisotopic (exact) mass is 364 g/mol. The third-order valence-electron chi connectivity index (χ3n) is 4.28. The van der Waals surface area contributed by atoms with Gasteiger partial charge in [0.15, 0.2) is 0 Å². The summed E-state index contributed by atoms with van der Waals surface area (Å²) in [6.07, 6.45) is 1.55. The summed E-state index contributed by atoms with van der Waals surface area (Å²) < 4.78 is 1.92. The zero-order valence-corrected chi connectivity index (χ0v) is 16.5. The number of nitrogens with zero attached hydrogens (tertiary/aromatic N) is 2. The van der Waals surface area contributed by atoms with Gasteiger partial charge in [-0.1, -0.05) is 25.5 Å². The van der Waals surface area contributed by atoms with Gasteiger partial charge in [0.05, 0.1) is 23.0 Å². The zero-order chi connectivity index (χ0) is 17.9. The lowest BCUT2D eigenvalue weighted by molar-refractivity contribution is -0.126. The van der Waals surface area contributed by atoms with Crippen molar-refractivity contribution in [1.82, 2.24) is 15.1 Å². The van der Waals surface area contributed by atoms with Crippen molar-refractivity contribution in [3.8, 4) is 5.69 Å². The summed E-state index contributed by atoms with van der Waals surface area (Å²) in [6.45, 7) is 9.80. The van der Waals surface area contributed by atoms with Crippen LogP contribution in [0.15, 0.2) is 30.3 Å². The highest BCUT2D eigenvalue weighted by Crippen LogP contribution is 2.18. The summed E-state index contributed by atoms with van der Waals surface area (Å²) in [5.41, 5.74) is 9.41. The Morgan fingerprint density at radius 3 is 2.40 bits per heavy atom. The molecule has 2 atom stereocenters. The van der Waals surface area contributed by atoms with Gasteiger partial charge in [-0.2, -0.15) is 5.10 Å². The summed E-state index contributed by atoms with van der Waals surface area (Å²) in [6, 6.07) is 10.0. The van der Waals surface area contributed by atoms with E-state index in [1.165, 1.54) is 0 Å². The lowest BCUT2D eigenvalue weighted by atomic mass is 9.95. The van der Waals surface area contributed by atoms with E-state index in [2.05, 4.69) is 10.4 Å². The van der Waals surface area contributed by atoms with E-state index >= 15 is 0 Å². The molecule has 0 aliphatic heterocycles. The molecule has 0 aliphatic carbocycles. The molecule has 0 bridgehead atoms. The minimum absolute atomic E-state index is 0. The standard InChI is InChI=1S/C19H28N4O.ClH/c1-6-11-19(5,20)18(24)21-15(4)16-7-9-17(10-8-16)23-14(3)12-13(2)22-23;/h7-10,12,15H,6,11,20H2,1-5H3,(H,21,24);1H. The highest BCUT2D eigenvalue weighted by atomic mass is 35.5. The SMILES string of the molecule is CCCC(C)(N)C(=O)NC(C)c1ccc(-n2nc(C)cc2C)cc1.Cl. The Morgan fingerprint density at radius 2 is 1.92 bits per heavy atom. The zero-order valence-electron chi connectivity index (χ0n) is 15.7. The van der Waals surface area contributed by atoms with Crippen molar-refractivity contribution < 1.29 is 4.79 Å². The first-order valence-electron chi connectivity index (χ1n) is 8.48. The van der Waals surface area contributed by atoms with Crippen molar-refractivity contribution in [3.63, 3.8) is 0 Å².